The van der Waals surface area contributed by atoms with Crippen LogP contribution in [0.2, 0.25) is 0 Å². The SMILES string of the molecule is CC[C@@H](C(=O)NCCCNC(=O)c1ccc(C(N)=O)[nH]1)N(C)C. The largest absolute Gasteiger partial charge is 0.364 e. The molecule has 1 heterocycles. The number of nitrogens with two attached hydrogens (primary N) is 1. The topological polar surface area (TPSA) is 120 Å². The highest BCUT2D eigenvalue weighted by atomic mass is 16.2. The summed E-state index contributed by atoms with van der Waals surface area (Å²) in [5.41, 5.74) is 5.58. The minimum Gasteiger partial charge on any atom is -0.364 e. The molecule has 0 aromatic carbocycles. The second-order valence-electron chi connectivity index (χ2n) is 5.44. The summed E-state index contributed by atoms with van der Waals surface area (Å²) in [5, 5.41) is 5.55. The number of carbonyl (C=O) groups is 3. The van der Waals surface area contributed by atoms with Crippen LogP contribution < -0.4 is 16.4 Å². The fraction of sp³-hybridized carbons (Fsp3) is 0.533. The second-order valence-corrected chi connectivity index (χ2v) is 5.44. The van der Waals surface area contributed by atoms with Crippen LogP contribution in [0.15, 0.2) is 12.1 Å². The van der Waals surface area contributed by atoms with Crippen molar-refractivity contribution in [2.24, 2.45) is 5.73 Å². The molecule has 0 spiro atoms. The van der Waals surface area contributed by atoms with Crippen molar-refractivity contribution in [3.63, 3.8) is 0 Å². The van der Waals surface area contributed by atoms with Gasteiger partial charge in [0, 0.05) is 13.1 Å². The van der Waals surface area contributed by atoms with Gasteiger partial charge in [0.15, 0.2) is 0 Å². The summed E-state index contributed by atoms with van der Waals surface area (Å²) in [6.07, 6.45) is 1.36. The number of hydrogen-bond donors (Lipinski definition) is 4. The van der Waals surface area contributed by atoms with Crippen LogP contribution in [-0.4, -0.2) is 60.8 Å². The van der Waals surface area contributed by atoms with E-state index >= 15 is 0 Å². The number of aromatic amines is 1. The molecule has 8 nitrogen and oxygen atoms in total. The third kappa shape index (κ3) is 5.74. The van der Waals surface area contributed by atoms with Gasteiger partial charge in [-0.15, -0.1) is 0 Å². The summed E-state index contributed by atoms with van der Waals surface area (Å²) >= 11 is 0. The molecule has 0 radical (unpaired) electrons. The Labute approximate surface area is 135 Å². The van der Waals surface area contributed by atoms with Gasteiger partial charge in [0.05, 0.1) is 6.04 Å². The van der Waals surface area contributed by atoms with Gasteiger partial charge in [-0.1, -0.05) is 6.92 Å². The van der Waals surface area contributed by atoms with E-state index < -0.39 is 5.91 Å². The first-order chi connectivity index (χ1) is 10.9. The van der Waals surface area contributed by atoms with Crippen LogP contribution in [0.5, 0.6) is 0 Å². The van der Waals surface area contributed by atoms with Crippen LogP contribution in [-0.2, 0) is 4.79 Å². The molecule has 1 rings (SSSR count). The molecule has 1 aromatic heterocycles. The molecular weight excluding hydrogens is 298 g/mol. The monoisotopic (exact) mass is 323 g/mol. The van der Waals surface area contributed by atoms with Gasteiger partial charge in [-0.2, -0.15) is 0 Å². The lowest BCUT2D eigenvalue weighted by atomic mass is 10.2. The summed E-state index contributed by atoms with van der Waals surface area (Å²) in [6, 6.07) is 2.82. The highest BCUT2D eigenvalue weighted by Crippen LogP contribution is 2.01. The number of aromatic nitrogens is 1. The third-order valence-corrected chi connectivity index (χ3v) is 3.45. The first kappa shape index (κ1) is 18.7. The molecule has 0 bridgehead atoms. The van der Waals surface area contributed by atoms with E-state index in [1.807, 2.05) is 25.9 Å². The molecule has 1 aromatic rings. The molecule has 8 heteroatoms. The summed E-state index contributed by atoms with van der Waals surface area (Å²) in [4.78, 5) is 39.2. The predicted molar refractivity (Wildman–Crippen MR) is 87.0 cm³/mol. The van der Waals surface area contributed by atoms with Crippen molar-refractivity contribution >= 4 is 17.7 Å². The summed E-state index contributed by atoms with van der Waals surface area (Å²) in [5.74, 6) is -0.944. The molecule has 128 valence electrons. The molecule has 0 aliphatic heterocycles. The van der Waals surface area contributed by atoms with Crippen molar-refractivity contribution in [3.8, 4) is 0 Å². The van der Waals surface area contributed by atoms with Crippen molar-refractivity contribution in [2.45, 2.75) is 25.8 Å². The number of primary amides is 1. The maximum Gasteiger partial charge on any atom is 0.267 e. The van der Waals surface area contributed by atoms with E-state index in [1.165, 1.54) is 12.1 Å². The number of nitrogens with one attached hydrogen (secondary N) is 3. The van der Waals surface area contributed by atoms with E-state index in [-0.39, 0.29) is 29.2 Å². The van der Waals surface area contributed by atoms with Crippen LogP contribution in [0, 0.1) is 0 Å². The lowest BCUT2D eigenvalue weighted by molar-refractivity contribution is -0.125. The van der Waals surface area contributed by atoms with Gasteiger partial charge >= 0.3 is 0 Å². The summed E-state index contributed by atoms with van der Waals surface area (Å²) in [6.45, 7) is 2.87. The Morgan fingerprint density at radius 3 is 2.30 bits per heavy atom. The molecule has 0 saturated heterocycles. The first-order valence-corrected chi connectivity index (χ1v) is 7.58. The molecule has 0 fully saturated rings. The Hall–Kier alpha value is -2.35. The Balaban J connectivity index is 2.27. The molecular formula is C15H25N5O3. The highest BCUT2D eigenvalue weighted by molar-refractivity contribution is 5.96. The Morgan fingerprint density at radius 1 is 1.17 bits per heavy atom. The first-order valence-electron chi connectivity index (χ1n) is 7.58. The molecule has 23 heavy (non-hydrogen) atoms. The zero-order valence-corrected chi connectivity index (χ0v) is 13.8. The van der Waals surface area contributed by atoms with Gasteiger partial charge in [-0.25, -0.2) is 0 Å². The maximum absolute atomic E-state index is 11.9. The fourth-order valence-electron chi connectivity index (χ4n) is 2.17. The normalized spacial score (nSPS) is 12.0. The molecule has 5 N–H and O–H groups in total. The predicted octanol–water partition coefficient (Wildman–Crippen LogP) is -0.310. The van der Waals surface area contributed by atoms with E-state index in [9.17, 15) is 14.4 Å². The minimum absolute atomic E-state index is 0.0145. The van der Waals surface area contributed by atoms with Crippen LogP contribution in [0.25, 0.3) is 0 Å². The number of carbonyl (C=O) groups excluding carboxylic acids is 3. The van der Waals surface area contributed by atoms with Gasteiger partial charge in [0.25, 0.3) is 11.8 Å². The number of rotatable bonds is 9. The molecule has 0 aliphatic rings. The maximum atomic E-state index is 11.9. The van der Waals surface area contributed by atoms with Crippen LogP contribution in [0.1, 0.15) is 40.7 Å². The van der Waals surface area contributed by atoms with E-state index in [2.05, 4.69) is 15.6 Å². The van der Waals surface area contributed by atoms with Crippen molar-refractivity contribution in [2.75, 3.05) is 27.2 Å². The van der Waals surface area contributed by atoms with Crippen molar-refractivity contribution in [1.29, 1.82) is 0 Å². The van der Waals surface area contributed by atoms with E-state index in [4.69, 9.17) is 5.73 Å². The molecule has 3 amide bonds. The smallest absolute Gasteiger partial charge is 0.267 e. The zero-order chi connectivity index (χ0) is 17.4. The Kier molecular flexibility index (Phi) is 7.27. The van der Waals surface area contributed by atoms with Gasteiger partial charge in [-0.05, 0) is 39.1 Å². The Morgan fingerprint density at radius 2 is 1.78 bits per heavy atom. The quantitative estimate of drug-likeness (QED) is 0.466. The standard InChI is InChI=1S/C15H25N5O3/c1-4-12(20(2)3)15(23)18-9-5-8-17-14(22)11-7-6-10(19-11)13(16)21/h6-7,12,19H,4-5,8-9H2,1-3H3,(H2,16,21)(H,17,22)(H,18,23)/t12-/m0/s1. The van der Waals surface area contributed by atoms with Crippen LogP contribution in [0.3, 0.4) is 0 Å². The van der Waals surface area contributed by atoms with Crippen LogP contribution in [0.4, 0.5) is 0 Å². The summed E-state index contributed by atoms with van der Waals surface area (Å²) < 4.78 is 0. The van der Waals surface area contributed by atoms with Gasteiger partial charge in [-0.3, -0.25) is 19.3 Å². The number of amides is 3. The molecule has 0 aliphatic carbocycles. The number of H-pyrrole nitrogens is 1. The fourth-order valence-corrected chi connectivity index (χ4v) is 2.17. The lowest BCUT2D eigenvalue weighted by Crippen LogP contribution is -2.43. The average molecular weight is 323 g/mol. The lowest BCUT2D eigenvalue weighted by Gasteiger charge is -2.21. The average Bonchev–Trinajstić information content (AvgIpc) is 2.97. The van der Waals surface area contributed by atoms with E-state index in [0.717, 1.165) is 6.42 Å². The Bertz CT molecular complexity index is 553. The van der Waals surface area contributed by atoms with Crippen molar-refractivity contribution in [3.05, 3.63) is 23.5 Å². The zero-order valence-electron chi connectivity index (χ0n) is 13.8. The van der Waals surface area contributed by atoms with Gasteiger partial charge < -0.3 is 21.4 Å². The number of nitrogens with zero attached hydrogens (tertiary/aromatic N) is 1. The number of likely N-dealkylation sites (N-methyl/N-ethyl adjacent to an activating group) is 1. The van der Waals surface area contributed by atoms with Gasteiger partial charge in [0.2, 0.25) is 5.91 Å². The molecule has 0 unspecified atom stereocenters. The van der Waals surface area contributed by atoms with Crippen molar-refractivity contribution < 1.29 is 14.4 Å². The minimum atomic E-state index is -0.613. The highest BCUT2D eigenvalue weighted by Gasteiger charge is 2.17. The van der Waals surface area contributed by atoms with E-state index in [1.54, 1.807) is 0 Å². The van der Waals surface area contributed by atoms with Crippen LogP contribution >= 0.6 is 0 Å². The number of hydrogen-bond acceptors (Lipinski definition) is 4. The second kappa shape index (κ2) is 8.94. The molecule has 0 saturated carbocycles. The molecule has 1 atom stereocenters. The van der Waals surface area contributed by atoms with Crippen molar-refractivity contribution in [1.82, 2.24) is 20.5 Å². The van der Waals surface area contributed by atoms with E-state index in [0.29, 0.717) is 19.5 Å². The van der Waals surface area contributed by atoms with Gasteiger partial charge in [0.1, 0.15) is 11.4 Å². The summed E-state index contributed by atoms with van der Waals surface area (Å²) in [7, 11) is 3.73. The third-order valence-electron chi connectivity index (χ3n) is 3.45.